The van der Waals surface area contributed by atoms with Crippen molar-refractivity contribution >= 4 is 22.8 Å². The Kier molecular flexibility index (Phi) is 4.19. The second-order valence-electron chi connectivity index (χ2n) is 7.19. The molecule has 0 radical (unpaired) electrons. The minimum absolute atomic E-state index is 0.0290. The van der Waals surface area contributed by atoms with Gasteiger partial charge in [-0.3, -0.25) is 9.59 Å². The van der Waals surface area contributed by atoms with E-state index < -0.39 is 0 Å². The van der Waals surface area contributed by atoms with Crippen molar-refractivity contribution in [1.29, 1.82) is 0 Å². The van der Waals surface area contributed by atoms with Crippen LogP contribution in [0.4, 0.5) is 0 Å². The number of H-pyrrole nitrogens is 1. The first-order valence-electron chi connectivity index (χ1n) is 9.16. The summed E-state index contributed by atoms with van der Waals surface area (Å²) in [5.41, 5.74) is 2.94. The third-order valence-corrected chi connectivity index (χ3v) is 5.40. The molecule has 0 bridgehead atoms. The average Bonchev–Trinajstić information content (AvgIpc) is 3.13. The van der Waals surface area contributed by atoms with Crippen LogP contribution >= 0.6 is 0 Å². The number of imidazole rings is 1. The van der Waals surface area contributed by atoms with Crippen LogP contribution in [0.15, 0.2) is 18.2 Å². The fraction of sp³-hybridized carbons (Fsp3) is 0.526. The van der Waals surface area contributed by atoms with Crippen molar-refractivity contribution in [3.8, 4) is 0 Å². The van der Waals surface area contributed by atoms with E-state index in [1.165, 1.54) is 0 Å². The lowest BCUT2D eigenvalue weighted by atomic mass is 10.1. The highest BCUT2D eigenvalue weighted by molar-refractivity contribution is 5.88. The van der Waals surface area contributed by atoms with Gasteiger partial charge in [0.15, 0.2) is 0 Å². The van der Waals surface area contributed by atoms with E-state index in [-0.39, 0.29) is 23.9 Å². The number of fused-ring (bicyclic) bond motifs is 2. The van der Waals surface area contributed by atoms with Crippen LogP contribution in [0.1, 0.15) is 49.9 Å². The third kappa shape index (κ3) is 3.13. The maximum absolute atomic E-state index is 12.7. The highest BCUT2D eigenvalue weighted by Crippen LogP contribution is 2.31. The predicted molar refractivity (Wildman–Crippen MR) is 94.8 cm³/mol. The molecule has 2 fully saturated rings. The number of amides is 2. The molecule has 2 aromatic rings. The summed E-state index contributed by atoms with van der Waals surface area (Å²) in [5, 5.41) is 3.02. The van der Waals surface area contributed by atoms with Crippen molar-refractivity contribution in [2.24, 2.45) is 0 Å². The first-order chi connectivity index (χ1) is 12.1. The molecule has 6 heteroatoms. The summed E-state index contributed by atoms with van der Waals surface area (Å²) in [7, 11) is 0. The zero-order valence-electron chi connectivity index (χ0n) is 14.5. The number of benzene rings is 1. The quantitative estimate of drug-likeness (QED) is 0.901. The second-order valence-corrected chi connectivity index (χ2v) is 7.19. The van der Waals surface area contributed by atoms with Crippen molar-refractivity contribution in [3.05, 3.63) is 29.6 Å². The van der Waals surface area contributed by atoms with E-state index in [1.54, 1.807) is 0 Å². The fourth-order valence-electron chi connectivity index (χ4n) is 4.19. The zero-order valence-corrected chi connectivity index (χ0v) is 14.5. The fourth-order valence-corrected chi connectivity index (χ4v) is 4.19. The molecule has 1 aromatic carbocycles. The number of aromatic amines is 1. The molecule has 132 valence electrons. The number of nitrogens with one attached hydrogen (secondary N) is 2. The van der Waals surface area contributed by atoms with Crippen molar-refractivity contribution < 1.29 is 9.59 Å². The number of rotatable bonds is 3. The number of hydrogen-bond donors (Lipinski definition) is 2. The Morgan fingerprint density at radius 2 is 2.20 bits per heavy atom. The number of carbonyl (C=O) groups excluding carboxylic acids is 2. The first-order valence-corrected chi connectivity index (χ1v) is 9.16. The summed E-state index contributed by atoms with van der Waals surface area (Å²) in [4.78, 5) is 34.5. The molecule has 0 unspecified atom stereocenters. The van der Waals surface area contributed by atoms with Crippen LogP contribution in [0.25, 0.3) is 11.0 Å². The highest BCUT2D eigenvalue weighted by Gasteiger charge is 2.41. The topological polar surface area (TPSA) is 78.1 Å². The Balaban J connectivity index is 1.43. The van der Waals surface area contributed by atoms with E-state index in [2.05, 4.69) is 15.3 Å². The summed E-state index contributed by atoms with van der Waals surface area (Å²) < 4.78 is 0. The molecule has 6 nitrogen and oxygen atoms in total. The van der Waals surface area contributed by atoms with Crippen molar-refractivity contribution in [3.63, 3.8) is 0 Å². The molecule has 0 aliphatic carbocycles. The molecule has 2 aliphatic rings. The molecule has 2 aliphatic heterocycles. The van der Waals surface area contributed by atoms with Crippen LogP contribution in [-0.2, 0) is 16.1 Å². The number of aryl methyl sites for hydroxylation is 1. The van der Waals surface area contributed by atoms with Gasteiger partial charge >= 0.3 is 0 Å². The number of hydrogen-bond acceptors (Lipinski definition) is 3. The van der Waals surface area contributed by atoms with Crippen molar-refractivity contribution in [1.82, 2.24) is 20.2 Å². The molecule has 0 spiro atoms. The van der Waals surface area contributed by atoms with E-state index in [0.717, 1.165) is 54.5 Å². The predicted octanol–water partition coefficient (Wildman–Crippen LogP) is 2.42. The summed E-state index contributed by atoms with van der Waals surface area (Å²) in [6.07, 6.45) is 5.38. The Morgan fingerprint density at radius 1 is 1.32 bits per heavy atom. The second kappa shape index (κ2) is 6.50. The normalized spacial score (nSPS) is 23.6. The van der Waals surface area contributed by atoms with Gasteiger partial charge in [0.05, 0.1) is 11.0 Å². The number of carbonyl (C=O) groups is 2. The highest BCUT2D eigenvalue weighted by atomic mass is 16.2. The van der Waals surface area contributed by atoms with Gasteiger partial charge in [0.25, 0.3) is 0 Å². The van der Waals surface area contributed by atoms with Crippen LogP contribution < -0.4 is 5.32 Å². The van der Waals surface area contributed by atoms with Gasteiger partial charge in [0.2, 0.25) is 11.8 Å². The van der Waals surface area contributed by atoms with Gasteiger partial charge in [-0.1, -0.05) is 12.5 Å². The first kappa shape index (κ1) is 16.1. The molecule has 2 saturated heterocycles. The van der Waals surface area contributed by atoms with Gasteiger partial charge in [-0.05, 0) is 50.3 Å². The van der Waals surface area contributed by atoms with Gasteiger partial charge in [0.1, 0.15) is 11.9 Å². The van der Waals surface area contributed by atoms with Crippen LogP contribution in [0, 0.1) is 6.92 Å². The lowest BCUT2D eigenvalue weighted by Gasteiger charge is -2.28. The monoisotopic (exact) mass is 340 g/mol. The smallest absolute Gasteiger partial charge is 0.243 e. The summed E-state index contributed by atoms with van der Waals surface area (Å²) in [6.45, 7) is 2.40. The standard InChI is InChI=1S/C19H24N4O2/c1-12-21-15-8-6-13(10-16(15)22-12)11-20-19(25)17-9-7-14-4-2-3-5-18(24)23(14)17/h6,8,10,14,17H,2-5,7,9,11H2,1H3,(H,20,25)(H,21,22)/t14-,17-/m0/s1. The minimum atomic E-state index is -0.297. The van der Waals surface area contributed by atoms with E-state index in [9.17, 15) is 9.59 Å². The number of nitrogens with zero attached hydrogens (tertiary/aromatic N) is 2. The van der Waals surface area contributed by atoms with Gasteiger partial charge in [-0.15, -0.1) is 0 Å². The van der Waals surface area contributed by atoms with E-state index in [0.29, 0.717) is 13.0 Å². The lowest BCUT2D eigenvalue weighted by Crippen LogP contribution is -2.48. The van der Waals surface area contributed by atoms with E-state index in [1.807, 2.05) is 30.0 Å². The molecule has 0 saturated carbocycles. The van der Waals surface area contributed by atoms with Crippen LogP contribution in [-0.4, -0.2) is 38.8 Å². The molecular weight excluding hydrogens is 316 g/mol. The average molecular weight is 340 g/mol. The molecule has 3 heterocycles. The molecule has 1 aromatic heterocycles. The molecule has 2 N–H and O–H groups in total. The molecule has 2 atom stereocenters. The summed E-state index contributed by atoms with van der Waals surface area (Å²) in [6, 6.07) is 5.93. The van der Waals surface area contributed by atoms with E-state index in [4.69, 9.17) is 0 Å². The molecule has 2 amide bonds. The summed E-state index contributed by atoms with van der Waals surface area (Å²) in [5.74, 6) is 1.00. The number of aromatic nitrogens is 2. The van der Waals surface area contributed by atoms with E-state index >= 15 is 0 Å². The third-order valence-electron chi connectivity index (χ3n) is 5.40. The largest absolute Gasteiger partial charge is 0.350 e. The van der Waals surface area contributed by atoms with Crippen molar-refractivity contribution in [2.45, 2.75) is 64.1 Å². The molecule has 25 heavy (non-hydrogen) atoms. The Labute approximate surface area is 147 Å². The van der Waals surface area contributed by atoms with Crippen LogP contribution in [0.3, 0.4) is 0 Å². The van der Waals surface area contributed by atoms with Gasteiger partial charge in [-0.2, -0.15) is 0 Å². The zero-order chi connectivity index (χ0) is 17.4. The molecule has 4 rings (SSSR count). The van der Waals surface area contributed by atoms with Gasteiger partial charge < -0.3 is 15.2 Å². The van der Waals surface area contributed by atoms with Gasteiger partial charge in [-0.25, -0.2) is 4.98 Å². The van der Waals surface area contributed by atoms with Crippen molar-refractivity contribution in [2.75, 3.05) is 0 Å². The SMILES string of the molecule is Cc1nc2ccc(CNC(=O)[C@@H]3CC[C@@H]4CCCCC(=O)N43)cc2[nH]1. The van der Waals surface area contributed by atoms with Gasteiger partial charge in [0, 0.05) is 19.0 Å². The summed E-state index contributed by atoms with van der Waals surface area (Å²) >= 11 is 0. The maximum atomic E-state index is 12.7. The Hall–Kier alpha value is -2.37. The molecular formula is C19H24N4O2. The maximum Gasteiger partial charge on any atom is 0.243 e. The van der Waals surface area contributed by atoms with Crippen LogP contribution in [0.2, 0.25) is 0 Å². The van der Waals surface area contributed by atoms with Crippen LogP contribution in [0.5, 0.6) is 0 Å². The Morgan fingerprint density at radius 3 is 3.08 bits per heavy atom. The Bertz CT molecular complexity index is 813. The minimum Gasteiger partial charge on any atom is -0.350 e. The lowest BCUT2D eigenvalue weighted by molar-refractivity contribution is -0.139.